The number of rotatable bonds is 2. The van der Waals surface area contributed by atoms with Crippen molar-refractivity contribution in [2.24, 2.45) is 0 Å². The topological polar surface area (TPSA) is 55.8 Å². The molecule has 0 heterocycles. The fourth-order valence-corrected chi connectivity index (χ4v) is 1.66. The highest BCUT2D eigenvalue weighted by atomic mass is 16.5. The first-order valence-corrected chi connectivity index (χ1v) is 5.96. The minimum absolute atomic E-state index is 0.167. The van der Waals surface area contributed by atoms with Gasteiger partial charge in [-0.15, -0.1) is 0 Å². The number of carbonyl (C=O) groups excluding carboxylic acids is 1. The van der Waals surface area contributed by atoms with Gasteiger partial charge in [-0.1, -0.05) is 11.8 Å². The number of allylic oxidation sites excluding steroid dienone is 2. The highest BCUT2D eigenvalue weighted by Crippen LogP contribution is 2.22. The van der Waals surface area contributed by atoms with Gasteiger partial charge in [-0.3, -0.25) is 4.79 Å². The van der Waals surface area contributed by atoms with Crippen LogP contribution in [-0.2, 0) is 4.79 Å². The van der Waals surface area contributed by atoms with E-state index >= 15 is 0 Å². The molecule has 0 saturated carbocycles. The van der Waals surface area contributed by atoms with Crippen LogP contribution in [-0.4, -0.2) is 30.7 Å². The summed E-state index contributed by atoms with van der Waals surface area (Å²) < 4.78 is 10.3. The molecule has 0 atom stereocenters. The summed E-state index contributed by atoms with van der Waals surface area (Å²) in [7, 11) is 3.11. The number of carbonyl (C=O) groups is 1. The molecule has 0 aromatic heterocycles. The second-order valence-electron chi connectivity index (χ2n) is 4.25. The van der Waals surface area contributed by atoms with E-state index in [1.165, 1.54) is 24.3 Å². The zero-order valence-corrected chi connectivity index (χ0v) is 11.2. The van der Waals surface area contributed by atoms with Gasteiger partial charge in [0, 0.05) is 11.6 Å². The Morgan fingerprint density at radius 1 is 1.05 bits per heavy atom. The van der Waals surface area contributed by atoms with Gasteiger partial charge in [0.05, 0.1) is 14.2 Å². The highest BCUT2D eigenvalue weighted by Gasteiger charge is 2.19. The number of hydrogen-bond donors (Lipinski definition) is 1. The Morgan fingerprint density at radius 2 is 1.60 bits per heavy atom. The fourth-order valence-electron chi connectivity index (χ4n) is 1.66. The van der Waals surface area contributed by atoms with E-state index in [1.807, 2.05) is 0 Å². The van der Waals surface area contributed by atoms with Gasteiger partial charge in [-0.2, -0.15) is 0 Å². The van der Waals surface area contributed by atoms with Crippen LogP contribution in [0.2, 0.25) is 0 Å². The summed E-state index contributed by atoms with van der Waals surface area (Å²) in [5.74, 6) is 6.62. The molecule has 1 aromatic rings. The lowest BCUT2D eigenvalue weighted by Gasteiger charge is -2.14. The Labute approximate surface area is 117 Å². The molecule has 20 heavy (non-hydrogen) atoms. The SMILES string of the molecule is COc1cc(C#CC2(O)C=CC(=O)C=C2)cc(OC)c1. The molecule has 0 bridgehead atoms. The minimum Gasteiger partial charge on any atom is -0.497 e. The molecule has 1 N–H and O–H groups in total. The van der Waals surface area contributed by atoms with E-state index < -0.39 is 5.60 Å². The molecule has 4 heteroatoms. The molecule has 0 fully saturated rings. The van der Waals surface area contributed by atoms with Crippen molar-refractivity contribution < 1.29 is 19.4 Å². The Kier molecular flexibility index (Phi) is 3.92. The predicted molar refractivity (Wildman–Crippen MR) is 74.7 cm³/mol. The van der Waals surface area contributed by atoms with E-state index in [1.54, 1.807) is 32.4 Å². The summed E-state index contributed by atoms with van der Waals surface area (Å²) in [6.45, 7) is 0. The first-order chi connectivity index (χ1) is 9.54. The van der Waals surface area contributed by atoms with Crippen molar-refractivity contribution in [3.05, 3.63) is 48.1 Å². The summed E-state index contributed by atoms with van der Waals surface area (Å²) in [4.78, 5) is 11.0. The van der Waals surface area contributed by atoms with Gasteiger partial charge in [0.25, 0.3) is 0 Å². The molecule has 1 aliphatic carbocycles. The molecule has 1 aromatic carbocycles. The zero-order chi connectivity index (χ0) is 14.6. The maximum absolute atomic E-state index is 11.0. The minimum atomic E-state index is -1.43. The molecule has 0 radical (unpaired) electrons. The quantitative estimate of drug-likeness (QED) is 0.827. The normalized spacial score (nSPS) is 15.4. The Bertz CT molecular complexity index is 606. The van der Waals surface area contributed by atoms with Crippen LogP contribution < -0.4 is 9.47 Å². The Morgan fingerprint density at radius 3 is 2.10 bits per heavy atom. The van der Waals surface area contributed by atoms with E-state index in [2.05, 4.69) is 11.8 Å². The zero-order valence-electron chi connectivity index (χ0n) is 11.2. The van der Waals surface area contributed by atoms with E-state index in [0.717, 1.165) is 0 Å². The van der Waals surface area contributed by atoms with Crippen molar-refractivity contribution in [2.45, 2.75) is 5.60 Å². The van der Waals surface area contributed by atoms with Gasteiger partial charge in [-0.05, 0) is 36.4 Å². The Hall–Kier alpha value is -2.51. The predicted octanol–water partition coefficient (Wildman–Crippen LogP) is 1.48. The van der Waals surface area contributed by atoms with Crippen LogP contribution in [0.4, 0.5) is 0 Å². The number of methoxy groups -OCH3 is 2. The van der Waals surface area contributed by atoms with Crippen LogP contribution in [0.3, 0.4) is 0 Å². The monoisotopic (exact) mass is 270 g/mol. The largest absolute Gasteiger partial charge is 0.497 e. The lowest BCUT2D eigenvalue weighted by Crippen LogP contribution is -2.23. The van der Waals surface area contributed by atoms with Crippen LogP contribution >= 0.6 is 0 Å². The average Bonchev–Trinajstić information content (AvgIpc) is 2.48. The summed E-state index contributed by atoms with van der Waals surface area (Å²) in [6, 6.07) is 5.21. The standard InChI is InChI=1S/C16H14O4/c1-19-14-9-12(10-15(11-14)20-2)3-6-16(18)7-4-13(17)5-8-16/h4-5,7-11,18H,1-2H3. The fraction of sp³-hybridized carbons (Fsp3) is 0.188. The second kappa shape index (κ2) is 5.64. The average molecular weight is 270 g/mol. The third-order valence-electron chi connectivity index (χ3n) is 2.76. The van der Waals surface area contributed by atoms with Gasteiger partial charge < -0.3 is 14.6 Å². The summed E-state index contributed by atoms with van der Waals surface area (Å²) in [6.07, 6.45) is 5.31. The van der Waals surface area contributed by atoms with Crippen molar-refractivity contribution in [3.63, 3.8) is 0 Å². The van der Waals surface area contributed by atoms with Crippen molar-refractivity contribution >= 4 is 5.78 Å². The Balaban J connectivity index is 2.31. The van der Waals surface area contributed by atoms with Gasteiger partial charge in [-0.25, -0.2) is 0 Å². The van der Waals surface area contributed by atoms with E-state index in [0.29, 0.717) is 17.1 Å². The maximum atomic E-state index is 11.0. The second-order valence-corrected chi connectivity index (χ2v) is 4.25. The third kappa shape index (κ3) is 3.28. The molecule has 0 spiro atoms. The molecule has 0 amide bonds. The summed E-state index contributed by atoms with van der Waals surface area (Å²) in [5.41, 5.74) is -0.780. The molecular formula is C16H14O4. The molecule has 1 aliphatic rings. The summed E-state index contributed by atoms with van der Waals surface area (Å²) >= 11 is 0. The number of aliphatic hydroxyl groups is 1. The first-order valence-electron chi connectivity index (χ1n) is 5.96. The van der Waals surface area contributed by atoms with Crippen LogP contribution in [0.1, 0.15) is 5.56 Å². The number of ketones is 1. The molecule has 4 nitrogen and oxygen atoms in total. The first kappa shape index (κ1) is 13.9. The van der Waals surface area contributed by atoms with Crippen LogP contribution in [0.25, 0.3) is 0 Å². The maximum Gasteiger partial charge on any atom is 0.178 e. The van der Waals surface area contributed by atoms with Gasteiger partial charge in [0.2, 0.25) is 0 Å². The number of hydrogen-bond acceptors (Lipinski definition) is 4. The van der Waals surface area contributed by atoms with Crippen LogP contribution in [0.5, 0.6) is 11.5 Å². The van der Waals surface area contributed by atoms with Gasteiger partial charge in [0.15, 0.2) is 11.4 Å². The lowest BCUT2D eigenvalue weighted by atomic mass is 9.98. The van der Waals surface area contributed by atoms with E-state index in [4.69, 9.17) is 9.47 Å². The van der Waals surface area contributed by atoms with E-state index in [-0.39, 0.29) is 5.78 Å². The van der Waals surface area contributed by atoms with Crippen molar-refractivity contribution in [2.75, 3.05) is 14.2 Å². The summed E-state index contributed by atoms with van der Waals surface area (Å²) in [5, 5.41) is 10.1. The molecule has 2 rings (SSSR count). The van der Waals surface area contributed by atoms with Crippen molar-refractivity contribution in [1.29, 1.82) is 0 Å². The van der Waals surface area contributed by atoms with Crippen molar-refractivity contribution in [1.82, 2.24) is 0 Å². The molecule has 102 valence electrons. The number of ether oxygens (including phenoxy) is 2. The lowest BCUT2D eigenvalue weighted by molar-refractivity contribution is -0.110. The van der Waals surface area contributed by atoms with Crippen LogP contribution in [0.15, 0.2) is 42.5 Å². The van der Waals surface area contributed by atoms with E-state index in [9.17, 15) is 9.90 Å². The molecule has 0 unspecified atom stereocenters. The number of benzene rings is 1. The van der Waals surface area contributed by atoms with Gasteiger partial charge >= 0.3 is 0 Å². The molecule has 0 saturated heterocycles. The van der Waals surface area contributed by atoms with Crippen LogP contribution in [0, 0.1) is 11.8 Å². The smallest absolute Gasteiger partial charge is 0.178 e. The van der Waals surface area contributed by atoms with Gasteiger partial charge in [0.1, 0.15) is 11.5 Å². The molecule has 0 aliphatic heterocycles. The third-order valence-corrected chi connectivity index (χ3v) is 2.76. The highest BCUT2D eigenvalue weighted by molar-refractivity contribution is 6.00. The van der Waals surface area contributed by atoms with Crippen molar-refractivity contribution in [3.8, 4) is 23.3 Å². The molecular weight excluding hydrogens is 256 g/mol.